The number of nitrogens with zero attached hydrogens (tertiary/aromatic N) is 3. The summed E-state index contributed by atoms with van der Waals surface area (Å²) in [4.78, 5) is 48.3. The van der Waals surface area contributed by atoms with Crippen LogP contribution in [-0.2, 0) is 23.9 Å². The third kappa shape index (κ3) is 5.02. The molecule has 2 bridgehead atoms. The molecule has 0 saturated carbocycles. The number of rotatable bonds is 13. The Morgan fingerprint density at radius 1 is 1.07 bits per heavy atom. The lowest BCUT2D eigenvalue weighted by Crippen LogP contribution is -2.57. The van der Waals surface area contributed by atoms with Gasteiger partial charge in [0.05, 0.1) is 24.2 Å². The largest absolute Gasteiger partial charge is 0.461 e. The summed E-state index contributed by atoms with van der Waals surface area (Å²) >= 11 is 0. The fourth-order valence-corrected chi connectivity index (χ4v) is 7.63. The molecular formula is C35H43N3O6. The van der Waals surface area contributed by atoms with Gasteiger partial charge in [0.15, 0.2) is 0 Å². The van der Waals surface area contributed by atoms with E-state index in [1.54, 1.807) is 11.0 Å². The van der Waals surface area contributed by atoms with E-state index in [4.69, 9.17) is 9.47 Å². The number of hydrogen-bond acceptors (Lipinski definition) is 7. The second kappa shape index (κ2) is 12.6. The first-order valence-corrected chi connectivity index (χ1v) is 15.4. The predicted molar refractivity (Wildman–Crippen MR) is 169 cm³/mol. The quantitative estimate of drug-likeness (QED) is 0.270. The van der Waals surface area contributed by atoms with E-state index in [1.807, 2.05) is 61.5 Å². The molecule has 1 spiro atoms. The Hall–Kier alpha value is -3.95. The molecule has 2 amide bonds. The summed E-state index contributed by atoms with van der Waals surface area (Å²) in [6.07, 6.45) is 4.02. The minimum Gasteiger partial charge on any atom is -0.461 e. The minimum atomic E-state index is -1.27. The van der Waals surface area contributed by atoms with Crippen molar-refractivity contribution in [3.05, 3.63) is 85.5 Å². The van der Waals surface area contributed by atoms with E-state index in [0.29, 0.717) is 24.1 Å². The van der Waals surface area contributed by atoms with Gasteiger partial charge >= 0.3 is 5.97 Å². The Bertz CT molecular complexity index is 1390. The van der Waals surface area contributed by atoms with Crippen LogP contribution in [0, 0.1) is 11.8 Å². The van der Waals surface area contributed by atoms with E-state index in [2.05, 4.69) is 31.9 Å². The Balaban J connectivity index is 1.62. The minimum absolute atomic E-state index is 0.00523. The number of benzene rings is 2. The zero-order valence-electron chi connectivity index (χ0n) is 25.9. The molecule has 3 aliphatic heterocycles. The van der Waals surface area contributed by atoms with Crippen LogP contribution in [0.4, 0.5) is 11.4 Å². The lowest BCUT2D eigenvalue weighted by molar-refractivity contribution is -0.159. The van der Waals surface area contributed by atoms with Crippen molar-refractivity contribution in [1.29, 1.82) is 0 Å². The highest BCUT2D eigenvalue weighted by Crippen LogP contribution is 2.64. The third-order valence-electron chi connectivity index (χ3n) is 9.61. The first-order chi connectivity index (χ1) is 21.2. The van der Waals surface area contributed by atoms with E-state index in [1.165, 1.54) is 11.0 Å². The highest BCUT2D eigenvalue weighted by atomic mass is 16.6. The van der Waals surface area contributed by atoms with E-state index in [9.17, 15) is 19.5 Å². The van der Waals surface area contributed by atoms with E-state index in [-0.39, 0.29) is 19.1 Å². The van der Waals surface area contributed by atoms with Crippen LogP contribution in [0.25, 0.3) is 0 Å². The third-order valence-corrected chi connectivity index (χ3v) is 9.61. The first-order valence-electron chi connectivity index (χ1n) is 15.4. The zero-order chi connectivity index (χ0) is 31.6. The molecule has 9 nitrogen and oxygen atoms in total. The normalized spacial score (nSPS) is 27.5. The fourth-order valence-electron chi connectivity index (χ4n) is 7.63. The molecule has 2 unspecified atom stereocenters. The van der Waals surface area contributed by atoms with Gasteiger partial charge in [-0.1, -0.05) is 49.1 Å². The molecule has 3 fully saturated rings. The van der Waals surface area contributed by atoms with Crippen molar-refractivity contribution in [2.45, 2.75) is 56.9 Å². The smallest absolute Gasteiger partial charge is 0.313 e. The van der Waals surface area contributed by atoms with Crippen LogP contribution in [0.1, 0.15) is 45.2 Å². The molecule has 3 saturated heterocycles. The summed E-state index contributed by atoms with van der Waals surface area (Å²) in [5.74, 6) is -3.14. The number of carbonyl (C=O) groups excluding carboxylic acids is 3. The number of aliphatic hydroxyl groups excluding tert-OH is 1. The highest BCUT2D eigenvalue weighted by Gasteiger charge is 2.79. The first kappa shape index (κ1) is 31.5. The van der Waals surface area contributed by atoms with Gasteiger partial charge < -0.3 is 29.3 Å². The number of ether oxygens (including phenoxy) is 2. The number of esters is 1. The van der Waals surface area contributed by atoms with Crippen LogP contribution in [0.3, 0.4) is 0 Å². The van der Waals surface area contributed by atoms with Crippen LogP contribution in [0.5, 0.6) is 0 Å². The number of fused-ring (bicyclic) bond motifs is 1. The topological polar surface area (TPSA) is 99.6 Å². The standard InChI is InChI=1S/C35H43N3O6/c1-6-21-37(26-17-15-25(16-18-26)36(8-3)9-4)32(41)30-35-20-19-34(5,44-35)29(33(42)43-22-7-2)28(35)31(40)38(30)27(23-39)24-13-11-10-12-14-24/h6-7,10-18,27-30,39H,1-2,8-9,19-23H2,3-5H3/t27-,28+,29-,30?,34+,35?/m1/s1. The zero-order valence-corrected chi connectivity index (χ0v) is 25.9. The second-order valence-electron chi connectivity index (χ2n) is 11.9. The molecule has 5 rings (SSSR count). The Morgan fingerprint density at radius 2 is 1.73 bits per heavy atom. The van der Waals surface area contributed by atoms with Gasteiger partial charge in [0.2, 0.25) is 5.91 Å². The molecule has 3 aliphatic rings. The lowest BCUT2D eigenvalue weighted by atomic mass is 9.66. The number of carbonyl (C=O) groups is 3. The van der Waals surface area contributed by atoms with Crippen LogP contribution in [-0.4, -0.2) is 77.9 Å². The molecule has 234 valence electrons. The Morgan fingerprint density at radius 3 is 2.32 bits per heavy atom. The van der Waals surface area contributed by atoms with Crippen LogP contribution < -0.4 is 9.80 Å². The predicted octanol–water partition coefficient (Wildman–Crippen LogP) is 4.28. The molecule has 0 aliphatic carbocycles. The van der Waals surface area contributed by atoms with Crippen molar-refractivity contribution < 1.29 is 29.0 Å². The van der Waals surface area contributed by atoms with Crippen molar-refractivity contribution in [2.24, 2.45) is 11.8 Å². The summed E-state index contributed by atoms with van der Waals surface area (Å²) < 4.78 is 12.2. The van der Waals surface area contributed by atoms with Crippen LogP contribution in [0.15, 0.2) is 79.9 Å². The summed E-state index contributed by atoms with van der Waals surface area (Å²) in [5.41, 5.74) is 0.127. The number of anilines is 2. The van der Waals surface area contributed by atoms with Gasteiger partial charge in [-0.25, -0.2) is 0 Å². The van der Waals surface area contributed by atoms with Crippen molar-refractivity contribution in [3.8, 4) is 0 Å². The SMILES string of the molecule is C=CCOC(=O)[C@H]1[C@H]2C(=O)N([C@H](CO)c3ccccc3)C(C(=O)N(CC=C)c3ccc(N(CC)CC)cc3)C23CC[C@]1(C)O3. The maximum atomic E-state index is 14.9. The molecule has 0 radical (unpaired) electrons. The van der Waals surface area contributed by atoms with E-state index in [0.717, 1.165) is 18.8 Å². The molecule has 2 aromatic carbocycles. The van der Waals surface area contributed by atoms with Gasteiger partial charge in [-0.2, -0.15) is 0 Å². The van der Waals surface area contributed by atoms with Gasteiger partial charge in [0.1, 0.15) is 24.2 Å². The maximum absolute atomic E-state index is 14.9. The number of hydrogen-bond donors (Lipinski definition) is 1. The second-order valence-corrected chi connectivity index (χ2v) is 11.9. The highest BCUT2D eigenvalue weighted by molar-refractivity contribution is 6.05. The summed E-state index contributed by atoms with van der Waals surface area (Å²) in [7, 11) is 0. The molecule has 9 heteroatoms. The fraction of sp³-hybridized carbons (Fsp3) is 0.457. The van der Waals surface area contributed by atoms with E-state index < -0.39 is 53.6 Å². The molecule has 3 heterocycles. The molecular weight excluding hydrogens is 558 g/mol. The summed E-state index contributed by atoms with van der Waals surface area (Å²) in [5, 5.41) is 10.7. The van der Waals surface area contributed by atoms with Crippen molar-refractivity contribution in [2.75, 3.05) is 42.6 Å². The van der Waals surface area contributed by atoms with Crippen molar-refractivity contribution in [1.82, 2.24) is 4.90 Å². The van der Waals surface area contributed by atoms with Gasteiger partial charge in [0, 0.05) is 31.0 Å². The van der Waals surface area contributed by atoms with Gasteiger partial charge in [0.25, 0.3) is 5.91 Å². The Labute approximate surface area is 259 Å². The number of likely N-dealkylation sites (tertiary alicyclic amines) is 1. The van der Waals surface area contributed by atoms with Crippen molar-refractivity contribution in [3.63, 3.8) is 0 Å². The molecule has 44 heavy (non-hydrogen) atoms. The molecule has 2 aromatic rings. The molecule has 1 N–H and O–H groups in total. The molecule has 6 atom stereocenters. The average Bonchev–Trinajstić information content (AvgIpc) is 3.61. The summed E-state index contributed by atoms with van der Waals surface area (Å²) in [6.45, 7) is 15.0. The average molecular weight is 602 g/mol. The van der Waals surface area contributed by atoms with E-state index >= 15 is 0 Å². The van der Waals surface area contributed by atoms with Gasteiger partial charge in [-0.3, -0.25) is 14.4 Å². The van der Waals surface area contributed by atoms with Crippen molar-refractivity contribution >= 4 is 29.2 Å². The van der Waals surface area contributed by atoms with Gasteiger partial charge in [-0.15, -0.1) is 6.58 Å². The number of aliphatic hydroxyl groups is 1. The number of amides is 2. The monoisotopic (exact) mass is 601 g/mol. The summed E-state index contributed by atoms with van der Waals surface area (Å²) in [6, 6.07) is 15.0. The maximum Gasteiger partial charge on any atom is 0.313 e. The van der Waals surface area contributed by atoms with Gasteiger partial charge in [-0.05, 0) is 63.4 Å². The Kier molecular flexibility index (Phi) is 9.00. The van der Waals surface area contributed by atoms with Crippen LogP contribution >= 0.6 is 0 Å². The molecule has 0 aromatic heterocycles. The lowest BCUT2D eigenvalue weighted by Gasteiger charge is -2.39. The van der Waals surface area contributed by atoms with Crippen LogP contribution in [0.2, 0.25) is 0 Å².